The van der Waals surface area contributed by atoms with Crippen LogP contribution < -0.4 is 0 Å². The normalized spacial score (nSPS) is 11.0. The molecule has 0 aliphatic carbocycles. The van der Waals surface area contributed by atoms with Crippen LogP contribution in [-0.4, -0.2) is 16.4 Å². The highest BCUT2D eigenvalue weighted by atomic mass is 19.1. The fourth-order valence-electron chi connectivity index (χ4n) is 1.78. The Bertz CT molecular complexity index is 772. The summed E-state index contributed by atoms with van der Waals surface area (Å²) in [4.78, 5) is 9.23. The van der Waals surface area contributed by atoms with Gasteiger partial charge in [-0.2, -0.15) is 4.98 Å². The van der Waals surface area contributed by atoms with Gasteiger partial charge in [-0.05, 0) is 6.07 Å². The number of oxime groups is 1. The van der Waals surface area contributed by atoms with Gasteiger partial charge in [-0.1, -0.05) is 58.8 Å². The molecule has 0 spiro atoms. The Hall–Kier alpha value is -3.02. The molecule has 2 aromatic carbocycles. The van der Waals surface area contributed by atoms with Gasteiger partial charge in [0.05, 0.1) is 6.21 Å². The van der Waals surface area contributed by atoms with E-state index in [0.29, 0.717) is 17.3 Å². The second kappa shape index (κ2) is 6.62. The Labute approximate surface area is 126 Å². The number of aromatic nitrogens is 2. The molecule has 1 aromatic heterocycles. The van der Waals surface area contributed by atoms with Gasteiger partial charge < -0.3 is 9.36 Å². The number of nitrogens with zero attached hydrogens (tertiary/aromatic N) is 3. The predicted octanol–water partition coefficient (Wildman–Crippen LogP) is 3.43. The highest BCUT2D eigenvalue weighted by Crippen LogP contribution is 2.15. The molecule has 0 saturated heterocycles. The van der Waals surface area contributed by atoms with Crippen molar-refractivity contribution >= 4 is 6.21 Å². The van der Waals surface area contributed by atoms with E-state index in [1.54, 1.807) is 18.2 Å². The first kappa shape index (κ1) is 13.9. The minimum absolute atomic E-state index is 0.0186. The second-order valence-electron chi connectivity index (χ2n) is 4.41. The van der Waals surface area contributed by atoms with Crippen molar-refractivity contribution in [1.82, 2.24) is 10.1 Å². The molecule has 0 amide bonds. The number of rotatable bonds is 5. The molecule has 3 aromatic rings. The molecule has 0 fully saturated rings. The summed E-state index contributed by atoms with van der Waals surface area (Å²) in [7, 11) is 0. The first-order valence-corrected chi connectivity index (χ1v) is 6.61. The molecule has 22 heavy (non-hydrogen) atoms. The van der Waals surface area contributed by atoms with E-state index in [4.69, 9.17) is 9.36 Å². The van der Waals surface area contributed by atoms with Crippen molar-refractivity contribution in [2.45, 2.75) is 6.61 Å². The molecular formula is C16H12FN3O2. The molecule has 0 saturated carbocycles. The lowest BCUT2D eigenvalue weighted by atomic mass is 10.2. The summed E-state index contributed by atoms with van der Waals surface area (Å²) in [5.74, 6) is 0.417. The number of hydrogen-bond acceptors (Lipinski definition) is 5. The summed E-state index contributed by atoms with van der Waals surface area (Å²) in [6.45, 7) is 0.0186. The molecule has 0 N–H and O–H groups in total. The van der Waals surface area contributed by atoms with Crippen molar-refractivity contribution in [1.29, 1.82) is 0 Å². The summed E-state index contributed by atoms with van der Waals surface area (Å²) in [6.07, 6.45) is 1.30. The van der Waals surface area contributed by atoms with Crippen LogP contribution in [0.2, 0.25) is 0 Å². The van der Waals surface area contributed by atoms with Gasteiger partial charge >= 0.3 is 0 Å². The highest BCUT2D eigenvalue weighted by Gasteiger charge is 2.08. The first-order valence-electron chi connectivity index (χ1n) is 6.61. The Kier molecular flexibility index (Phi) is 4.20. The van der Waals surface area contributed by atoms with Gasteiger partial charge in [0.2, 0.25) is 5.82 Å². The predicted molar refractivity (Wildman–Crippen MR) is 78.5 cm³/mol. The van der Waals surface area contributed by atoms with Crippen LogP contribution in [0, 0.1) is 5.82 Å². The number of halogens is 1. The van der Waals surface area contributed by atoms with Crippen LogP contribution in [0.4, 0.5) is 4.39 Å². The largest absolute Gasteiger partial charge is 0.386 e. The van der Waals surface area contributed by atoms with Gasteiger partial charge in [0.15, 0.2) is 6.61 Å². The molecule has 110 valence electrons. The van der Waals surface area contributed by atoms with Crippen LogP contribution in [0.25, 0.3) is 11.4 Å². The van der Waals surface area contributed by atoms with Gasteiger partial charge in [-0.15, -0.1) is 0 Å². The Balaban J connectivity index is 1.59. The van der Waals surface area contributed by atoms with E-state index in [1.165, 1.54) is 12.3 Å². The van der Waals surface area contributed by atoms with Crippen LogP contribution in [-0.2, 0) is 11.4 Å². The fourth-order valence-corrected chi connectivity index (χ4v) is 1.78. The summed E-state index contributed by atoms with van der Waals surface area (Å²) in [5, 5.41) is 7.55. The SMILES string of the molecule is Fc1ccccc1/C=N\OCc1nc(-c2ccccc2)no1. The molecule has 3 rings (SSSR count). The van der Waals surface area contributed by atoms with Crippen LogP contribution in [0.5, 0.6) is 0 Å². The summed E-state index contributed by atoms with van der Waals surface area (Å²) in [6, 6.07) is 15.7. The van der Waals surface area contributed by atoms with Gasteiger partial charge in [0, 0.05) is 11.1 Å². The first-order chi connectivity index (χ1) is 10.8. The molecule has 0 radical (unpaired) electrons. The summed E-state index contributed by atoms with van der Waals surface area (Å²) >= 11 is 0. The smallest absolute Gasteiger partial charge is 0.267 e. The van der Waals surface area contributed by atoms with Gasteiger partial charge in [0.25, 0.3) is 5.89 Å². The van der Waals surface area contributed by atoms with E-state index < -0.39 is 0 Å². The highest BCUT2D eigenvalue weighted by molar-refractivity contribution is 5.79. The molecule has 0 unspecified atom stereocenters. The lowest BCUT2D eigenvalue weighted by Gasteiger charge is -1.95. The van der Waals surface area contributed by atoms with Gasteiger partial charge in [-0.3, -0.25) is 0 Å². The topological polar surface area (TPSA) is 60.5 Å². The zero-order chi connectivity index (χ0) is 15.2. The lowest BCUT2D eigenvalue weighted by Crippen LogP contribution is -1.91. The maximum atomic E-state index is 13.3. The minimum Gasteiger partial charge on any atom is -0.386 e. The average Bonchev–Trinajstić information content (AvgIpc) is 3.03. The van der Waals surface area contributed by atoms with Gasteiger partial charge in [-0.25, -0.2) is 4.39 Å². The molecule has 6 heteroatoms. The standard InChI is InChI=1S/C16H12FN3O2/c17-14-9-5-4-8-13(14)10-18-21-11-15-19-16(20-22-15)12-6-2-1-3-7-12/h1-10H,11H2/b18-10-. The molecule has 0 bridgehead atoms. The van der Waals surface area contributed by atoms with Crippen LogP contribution >= 0.6 is 0 Å². The van der Waals surface area contributed by atoms with Crippen molar-refractivity contribution in [3.63, 3.8) is 0 Å². The molecule has 5 nitrogen and oxygen atoms in total. The Morgan fingerprint density at radius 1 is 1.09 bits per heavy atom. The maximum Gasteiger partial charge on any atom is 0.267 e. The summed E-state index contributed by atoms with van der Waals surface area (Å²) in [5.41, 5.74) is 1.20. The maximum absolute atomic E-state index is 13.3. The minimum atomic E-state index is -0.362. The summed E-state index contributed by atoms with van der Waals surface area (Å²) < 4.78 is 18.4. The van der Waals surface area contributed by atoms with E-state index in [9.17, 15) is 4.39 Å². The zero-order valence-electron chi connectivity index (χ0n) is 11.5. The third kappa shape index (κ3) is 3.35. The lowest BCUT2D eigenvalue weighted by molar-refractivity contribution is 0.107. The molecular weight excluding hydrogens is 285 g/mol. The average molecular weight is 297 g/mol. The van der Waals surface area contributed by atoms with Gasteiger partial charge in [0.1, 0.15) is 5.82 Å². The monoisotopic (exact) mass is 297 g/mol. The van der Waals surface area contributed by atoms with Crippen molar-refractivity contribution in [2.24, 2.45) is 5.16 Å². The second-order valence-corrected chi connectivity index (χ2v) is 4.41. The molecule has 0 aliphatic rings. The number of benzene rings is 2. The number of hydrogen-bond donors (Lipinski definition) is 0. The van der Waals surface area contributed by atoms with Crippen molar-refractivity contribution in [3.05, 3.63) is 71.9 Å². The van der Waals surface area contributed by atoms with Crippen molar-refractivity contribution in [3.8, 4) is 11.4 Å². The van der Waals surface area contributed by atoms with Crippen LogP contribution in [0.15, 0.2) is 64.3 Å². The molecule has 1 heterocycles. The Morgan fingerprint density at radius 2 is 1.86 bits per heavy atom. The Morgan fingerprint density at radius 3 is 2.68 bits per heavy atom. The molecule has 0 aliphatic heterocycles. The van der Waals surface area contributed by atoms with Crippen molar-refractivity contribution < 1.29 is 13.8 Å². The molecule has 0 atom stereocenters. The fraction of sp³-hybridized carbons (Fsp3) is 0.0625. The van der Waals surface area contributed by atoms with E-state index in [-0.39, 0.29) is 12.4 Å². The van der Waals surface area contributed by atoms with E-state index in [1.807, 2.05) is 30.3 Å². The zero-order valence-corrected chi connectivity index (χ0v) is 11.5. The van der Waals surface area contributed by atoms with E-state index in [2.05, 4.69) is 15.3 Å². The third-order valence-electron chi connectivity index (χ3n) is 2.86. The van der Waals surface area contributed by atoms with E-state index in [0.717, 1.165) is 5.56 Å². The quantitative estimate of drug-likeness (QED) is 0.535. The van der Waals surface area contributed by atoms with E-state index >= 15 is 0 Å². The van der Waals surface area contributed by atoms with Crippen molar-refractivity contribution in [2.75, 3.05) is 0 Å². The van der Waals surface area contributed by atoms with Crippen LogP contribution in [0.1, 0.15) is 11.5 Å². The van der Waals surface area contributed by atoms with Crippen LogP contribution in [0.3, 0.4) is 0 Å². The third-order valence-corrected chi connectivity index (χ3v) is 2.86.